The standard InChI is InChI=1S/C22H21N3O4/c1-15(21(27)25-13-11-16-4-2-3-5-18(16)14-25)29-22(28)17-6-8-19(9-7-17)24-20(26)10-12-23/h2-9,15H,10-11,13-14H2,1H3,(H,24,26)/t15-/m0/s1. The van der Waals surface area contributed by atoms with E-state index >= 15 is 0 Å². The third-order valence-corrected chi connectivity index (χ3v) is 4.72. The van der Waals surface area contributed by atoms with Crippen LogP contribution in [0.2, 0.25) is 0 Å². The molecule has 2 aromatic rings. The van der Waals surface area contributed by atoms with E-state index in [2.05, 4.69) is 11.4 Å². The van der Waals surface area contributed by atoms with Gasteiger partial charge in [0.2, 0.25) is 5.91 Å². The molecular weight excluding hydrogens is 370 g/mol. The van der Waals surface area contributed by atoms with Gasteiger partial charge in [-0.1, -0.05) is 24.3 Å². The van der Waals surface area contributed by atoms with E-state index in [1.165, 1.54) is 17.7 Å². The SMILES string of the molecule is C[C@H](OC(=O)c1ccc(NC(=O)CC#N)cc1)C(=O)N1CCc2ccccc2C1. The fourth-order valence-electron chi connectivity index (χ4n) is 3.19. The van der Waals surface area contributed by atoms with Gasteiger partial charge in [-0.15, -0.1) is 0 Å². The van der Waals surface area contributed by atoms with Gasteiger partial charge in [0, 0.05) is 18.8 Å². The molecule has 2 aromatic carbocycles. The molecular formula is C22H21N3O4. The topological polar surface area (TPSA) is 99.5 Å². The van der Waals surface area contributed by atoms with Gasteiger partial charge in [0.25, 0.3) is 5.91 Å². The van der Waals surface area contributed by atoms with E-state index in [0.717, 1.165) is 12.0 Å². The zero-order chi connectivity index (χ0) is 20.8. The molecule has 1 aliphatic rings. The molecule has 0 aliphatic carbocycles. The van der Waals surface area contributed by atoms with Gasteiger partial charge in [0.1, 0.15) is 6.42 Å². The van der Waals surface area contributed by atoms with E-state index in [0.29, 0.717) is 18.8 Å². The van der Waals surface area contributed by atoms with Crippen LogP contribution in [0.3, 0.4) is 0 Å². The molecule has 0 unspecified atom stereocenters. The number of hydrogen-bond donors (Lipinski definition) is 1. The summed E-state index contributed by atoms with van der Waals surface area (Å²) in [5.74, 6) is -1.27. The quantitative estimate of drug-likeness (QED) is 0.790. The van der Waals surface area contributed by atoms with Crippen LogP contribution in [0.4, 0.5) is 5.69 Å². The third kappa shape index (κ3) is 4.99. The summed E-state index contributed by atoms with van der Waals surface area (Å²) >= 11 is 0. The second kappa shape index (κ2) is 9.02. The maximum atomic E-state index is 12.7. The molecule has 0 fully saturated rings. The average Bonchev–Trinajstić information content (AvgIpc) is 2.73. The van der Waals surface area contributed by atoms with Crippen molar-refractivity contribution in [3.63, 3.8) is 0 Å². The Labute approximate surface area is 168 Å². The molecule has 3 rings (SSSR count). The number of nitrogens with one attached hydrogen (secondary N) is 1. The number of hydrogen-bond acceptors (Lipinski definition) is 5. The Bertz CT molecular complexity index is 963. The number of rotatable bonds is 5. The molecule has 0 radical (unpaired) electrons. The number of carbonyl (C=O) groups excluding carboxylic acids is 3. The summed E-state index contributed by atoms with van der Waals surface area (Å²) in [4.78, 5) is 38.2. The summed E-state index contributed by atoms with van der Waals surface area (Å²) in [6.45, 7) is 2.67. The van der Waals surface area contributed by atoms with Gasteiger partial charge in [-0.05, 0) is 48.7 Å². The number of esters is 1. The van der Waals surface area contributed by atoms with Gasteiger partial charge in [-0.3, -0.25) is 9.59 Å². The molecule has 1 heterocycles. The van der Waals surface area contributed by atoms with Crippen molar-refractivity contribution in [1.29, 1.82) is 5.26 Å². The number of benzene rings is 2. The fraction of sp³-hybridized carbons (Fsp3) is 0.273. The van der Waals surface area contributed by atoms with E-state index in [-0.39, 0.29) is 17.9 Å². The first-order valence-corrected chi connectivity index (χ1v) is 9.31. The lowest BCUT2D eigenvalue weighted by Crippen LogP contribution is -2.42. The first-order chi connectivity index (χ1) is 14.0. The number of nitrogens with zero attached hydrogens (tertiary/aromatic N) is 2. The second-order valence-corrected chi connectivity index (χ2v) is 6.79. The number of fused-ring (bicyclic) bond motifs is 1. The molecule has 1 atom stereocenters. The van der Waals surface area contributed by atoms with Gasteiger partial charge in [0.15, 0.2) is 6.10 Å². The predicted molar refractivity (Wildman–Crippen MR) is 106 cm³/mol. The monoisotopic (exact) mass is 391 g/mol. The van der Waals surface area contributed by atoms with Crippen molar-refractivity contribution in [2.45, 2.75) is 32.4 Å². The van der Waals surface area contributed by atoms with Gasteiger partial charge in [-0.2, -0.15) is 5.26 Å². The van der Waals surface area contributed by atoms with E-state index in [4.69, 9.17) is 10.00 Å². The van der Waals surface area contributed by atoms with Gasteiger partial charge >= 0.3 is 5.97 Å². The lowest BCUT2D eigenvalue weighted by molar-refractivity contribution is -0.140. The Balaban J connectivity index is 1.57. The number of carbonyl (C=O) groups is 3. The van der Waals surface area contributed by atoms with E-state index < -0.39 is 18.0 Å². The molecule has 7 nitrogen and oxygen atoms in total. The minimum atomic E-state index is -0.900. The maximum Gasteiger partial charge on any atom is 0.338 e. The van der Waals surface area contributed by atoms with Crippen LogP contribution in [0.1, 0.15) is 34.8 Å². The zero-order valence-corrected chi connectivity index (χ0v) is 16.1. The average molecular weight is 391 g/mol. The van der Waals surface area contributed by atoms with Crippen molar-refractivity contribution in [2.75, 3.05) is 11.9 Å². The van der Waals surface area contributed by atoms with Crippen molar-refractivity contribution in [3.05, 3.63) is 65.2 Å². The molecule has 1 N–H and O–H groups in total. The molecule has 0 aromatic heterocycles. The zero-order valence-electron chi connectivity index (χ0n) is 16.1. The molecule has 0 saturated carbocycles. The number of amides is 2. The molecule has 0 saturated heterocycles. The van der Waals surface area contributed by atoms with Crippen LogP contribution in [-0.4, -0.2) is 35.3 Å². The lowest BCUT2D eigenvalue weighted by Gasteiger charge is -2.30. The lowest BCUT2D eigenvalue weighted by atomic mass is 9.99. The summed E-state index contributed by atoms with van der Waals surface area (Å²) in [7, 11) is 0. The molecule has 7 heteroatoms. The van der Waals surface area contributed by atoms with Gasteiger partial charge in [-0.25, -0.2) is 4.79 Å². The highest BCUT2D eigenvalue weighted by Crippen LogP contribution is 2.20. The Kier molecular flexibility index (Phi) is 6.25. The van der Waals surface area contributed by atoms with Crippen LogP contribution in [0.25, 0.3) is 0 Å². The smallest absolute Gasteiger partial charge is 0.338 e. The first kappa shape index (κ1) is 20.1. The highest BCUT2D eigenvalue weighted by molar-refractivity contribution is 5.94. The van der Waals surface area contributed by atoms with Crippen molar-refractivity contribution in [1.82, 2.24) is 4.90 Å². The Hall–Kier alpha value is -3.66. The molecule has 1 aliphatic heterocycles. The minimum absolute atomic E-state index is 0.228. The summed E-state index contributed by atoms with van der Waals surface area (Å²) in [6.07, 6.45) is -0.367. The molecule has 0 spiro atoms. The van der Waals surface area contributed by atoms with Crippen LogP contribution in [0.5, 0.6) is 0 Å². The Morgan fingerprint density at radius 2 is 1.83 bits per heavy atom. The third-order valence-electron chi connectivity index (χ3n) is 4.72. The Morgan fingerprint density at radius 3 is 2.52 bits per heavy atom. The molecule has 29 heavy (non-hydrogen) atoms. The van der Waals surface area contributed by atoms with Crippen molar-refractivity contribution < 1.29 is 19.1 Å². The second-order valence-electron chi connectivity index (χ2n) is 6.79. The van der Waals surface area contributed by atoms with Crippen LogP contribution in [-0.2, 0) is 27.3 Å². The Morgan fingerprint density at radius 1 is 1.14 bits per heavy atom. The number of ether oxygens (including phenoxy) is 1. The summed E-state index contributed by atoms with van der Waals surface area (Å²) in [5.41, 5.74) is 3.09. The fourth-order valence-corrected chi connectivity index (χ4v) is 3.19. The van der Waals surface area contributed by atoms with Crippen molar-refractivity contribution in [2.24, 2.45) is 0 Å². The summed E-state index contributed by atoms with van der Waals surface area (Å²) < 4.78 is 5.34. The first-order valence-electron chi connectivity index (χ1n) is 9.31. The van der Waals surface area contributed by atoms with Crippen molar-refractivity contribution >= 4 is 23.5 Å². The van der Waals surface area contributed by atoms with Crippen LogP contribution >= 0.6 is 0 Å². The number of nitriles is 1. The molecule has 2 amide bonds. The van der Waals surface area contributed by atoms with E-state index in [1.54, 1.807) is 30.0 Å². The van der Waals surface area contributed by atoms with Gasteiger partial charge in [0.05, 0.1) is 11.6 Å². The highest BCUT2D eigenvalue weighted by Gasteiger charge is 2.27. The summed E-state index contributed by atoms with van der Waals surface area (Å²) in [6, 6.07) is 15.8. The highest BCUT2D eigenvalue weighted by atomic mass is 16.5. The molecule has 0 bridgehead atoms. The van der Waals surface area contributed by atoms with Crippen LogP contribution in [0, 0.1) is 11.3 Å². The van der Waals surface area contributed by atoms with Crippen LogP contribution < -0.4 is 5.32 Å². The van der Waals surface area contributed by atoms with E-state index in [9.17, 15) is 14.4 Å². The largest absolute Gasteiger partial charge is 0.449 e. The minimum Gasteiger partial charge on any atom is -0.449 e. The maximum absolute atomic E-state index is 12.7. The van der Waals surface area contributed by atoms with Crippen molar-refractivity contribution in [3.8, 4) is 6.07 Å². The number of anilines is 1. The summed E-state index contributed by atoms with van der Waals surface area (Å²) in [5, 5.41) is 11.0. The molecule has 148 valence electrons. The predicted octanol–water partition coefficient (Wildman–Crippen LogP) is 2.67. The normalized spacial score (nSPS) is 13.6. The van der Waals surface area contributed by atoms with Crippen LogP contribution in [0.15, 0.2) is 48.5 Å². The van der Waals surface area contributed by atoms with E-state index in [1.807, 2.05) is 18.2 Å². The van der Waals surface area contributed by atoms with Gasteiger partial charge < -0.3 is 15.0 Å².